The molecule has 0 saturated carbocycles. The summed E-state index contributed by atoms with van der Waals surface area (Å²) in [6.45, 7) is 0.307. The quantitative estimate of drug-likeness (QED) is 0.836. The second-order valence-electron chi connectivity index (χ2n) is 3.27. The van der Waals surface area contributed by atoms with Gasteiger partial charge in [0, 0.05) is 11.6 Å². The lowest BCUT2D eigenvalue weighted by molar-refractivity contribution is -0.275. The van der Waals surface area contributed by atoms with Crippen molar-refractivity contribution in [2.45, 2.75) is 18.8 Å². The molecule has 0 spiro atoms. The predicted octanol–water partition coefficient (Wildman–Crippen LogP) is 1.93. The van der Waals surface area contributed by atoms with Gasteiger partial charge in [-0.1, -0.05) is 18.2 Å². The number of hydrogen-bond donors (Lipinski definition) is 2. The highest BCUT2D eigenvalue weighted by Gasteiger charge is 2.32. The Morgan fingerprint density at radius 3 is 2.44 bits per heavy atom. The summed E-state index contributed by atoms with van der Waals surface area (Å²) >= 11 is 0. The summed E-state index contributed by atoms with van der Waals surface area (Å²) in [7, 11) is 0. The number of ether oxygens (including phenoxy) is 1. The van der Waals surface area contributed by atoms with E-state index in [2.05, 4.69) is 4.74 Å². The molecular weight excluding hydrogens is 221 g/mol. The smallest absolute Gasteiger partial charge is 0.405 e. The summed E-state index contributed by atoms with van der Waals surface area (Å²) < 4.78 is 40.1. The molecule has 1 aromatic carbocycles. The largest absolute Gasteiger partial charge is 0.573 e. The van der Waals surface area contributed by atoms with Gasteiger partial charge in [0.2, 0.25) is 0 Å². The van der Waals surface area contributed by atoms with Crippen LogP contribution in [0.15, 0.2) is 24.3 Å². The van der Waals surface area contributed by atoms with E-state index in [1.165, 1.54) is 18.2 Å². The monoisotopic (exact) mass is 234 g/mol. The Hall–Kier alpha value is -1.27. The zero-order valence-electron chi connectivity index (χ0n) is 8.50. The van der Waals surface area contributed by atoms with Gasteiger partial charge in [0.25, 0.3) is 0 Å². The fraction of sp³-hybridized carbons (Fsp3) is 0.400. The van der Waals surface area contributed by atoms with Crippen LogP contribution >= 0.6 is 0 Å². The van der Waals surface area contributed by atoms with Crippen molar-refractivity contribution >= 4 is 0 Å². The minimum Gasteiger partial charge on any atom is -0.405 e. The first kappa shape index (κ1) is 12.8. The van der Waals surface area contributed by atoms with Gasteiger partial charge in [-0.05, 0) is 19.0 Å². The molecule has 0 saturated heterocycles. The lowest BCUT2D eigenvalue weighted by atomic mass is 10.0. The minimum atomic E-state index is -4.71. The first-order chi connectivity index (χ1) is 7.44. The van der Waals surface area contributed by atoms with E-state index < -0.39 is 12.4 Å². The topological polar surface area (TPSA) is 61.3 Å². The molecule has 0 fully saturated rings. The van der Waals surface area contributed by atoms with E-state index in [4.69, 9.17) is 11.5 Å². The molecule has 1 atom stereocenters. The maximum absolute atomic E-state index is 12.1. The summed E-state index contributed by atoms with van der Waals surface area (Å²) in [6.07, 6.45) is -4.31. The standard InChI is InChI=1S/C10H13F3N2O/c11-10(12,13)16-9-4-2-1-3-7(9)8(15)5-6-14/h1-4,8H,5-6,14-15H2/t8-/m1/s1. The molecule has 0 aliphatic rings. The molecule has 90 valence electrons. The molecule has 1 rings (SSSR count). The van der Waals surface area contributed by atoms with E-state index in [9.17, 15) is 13.2 Å². The Morgan fingerprint density at radius 2 is 1.88 bits per heavy atom. The van der Waals surface area contributed by atoms with Crippen LogP contribution in [0.1, 0.15) is 18.0 Å². The van der Waals surface area contributed by atoms with Crippen molar-refractivity contribution < 1.29 is 17.9 Å². The van der Waals surface area contributed by atoms with Gasteiger partial charge in [-0.3, -0.25) is 0 Å². The molecule has 0 aromatic heterocycles. The highest BCUT2D eigenvalue weighted by atomic mass is 19.4. The normalized spacial score (nSPS) is 13.6. The van der Waals surface area contributed by atoms with Gasteiger partial charge in [0.1, 0.15) is 5.75 Å². The third-order valence-electron chi connectivity index (χ3n) is 2.02. The molecule has 1 aromatic rings. The molecule has 0 unspecified atom stereocenters. The van der Waals surface area contributed by atoms with Crippen molar-refractivity contribution in [3.8, 4) is 5.75 Å². The van der Waals surface area contributed by atoms with E-state index in [-0.39, 0.29) is 5.75 Å². The zero-order chi connectivity index (χ0) is 12.2. The fourth-order valence-electron chi connectivity index (χ4n) is 1.34. The molecule has 0 amide bonds. The van der Waals surface area contributed by atoms with Gasteiger partial charge < -0.3 is 16.2 Å². The summed E-state index contributed by atoms with van der Waals surface area (Å²) in [5, 5.41) is 0. The maximum Gasteiger partial charge on any atom is 0.573 e. The van der Waals surface area contributed by atoms with Crippen molar-refractivity contribution in [2.75, 3.05) is 6.54 Å². The average molecular weight is 234 g/mol. The van der Waals surface area contributed by atoms with Crippen molar-refractivity contribution in [3.63, 3.8) is 0 Å². The van der Waals surface area contributed by atoms with E-state index in [0.29, 0.717) is 18.5 Å². The van der Waals surface area contributed by atoms with Crippen LogP contribution in [-0.4, -0.2) is 12.9 Å². The average Bonchev–Trinajstić information content (AvgIpc) is 2.16. The third-order valence-corrected chi connectivity index (χ3v) is 2.02. The maximum atomic E-state index is 12.1. The number of halogens is 3. The third kappa shape index (κ3) is 3.71. The number of hydrogen-bond acceptors (Lipinski definition) is 3. The molecule has 0 aliphatic heterocycles. The molecule has 3 nitrogen and oxygen atoms in total. The summed E-state index contributed by atoms with van der Waals surface area (Å²) in [5.74, 6) is -0.268. The molecule has 6 heteroatoms. The van der Waals surface area contributed by atoms with Gasteiger partial charge in [0.05, 0.1) is 0 Å². The van der Waals surface area contributed by atoms with Crippen LogP contribution in [0.5, 0.6) is 5.75 Å². The van der Waals surface area contributed by atoms with Crippen LogP contribution < -0.4 is 16.2 Å². The van der Waals surface area contributed by atoms with Crippen molar-refractivity contribution in [1.82, 2.24) is 0 Å². The second kappa shape index (κ2) is 5.18. The zero-order valence-corrected chi connectivity index (χ0v) is 8.50. The molecule has 0 radical (unpaired) electrons. The molecular formula is C10H13F3N2O. The lowest BCUT2D eigenvalue weighted by Crippen LogP contribution is -2.21. The lowest BCUT2D eigenvalue weighted by Gasteiger charge is -2.17. The molecule has 0 heterocycles. The van der Waals surface area contributed by atoms with E-state index in [1.807, 2.05) is 0 Å². The predicted molar refractivity (Wildman–Crippen MR) is 53.7 cm³/mol. The molecule has 4 N–H and O–H groups in total. The van der Waals surface area contributed by atoms with E-state index in [1.54, 1.807) is 6.07 Å². The first-order valence-electron chi connectivity index (χ1n) is 4.74. The Kier molecular flexibility index (Phi) is 4.14. The Bertz CT molecular complexity index is 341. The summed E-state index contributed by atoms with van der Waals surface area (Å²) in [6, 6.07) is 5.25. The molecule has 0 aliphatic carbocycles. The first-order valence-corrected chi connectivity index (χ1v) is 4.74. The number of para-hydroxylation sites is 1. The van der Waals surface area contributed by atoms with Crippen molar-refractivity contribution in [2.24, 2.45) is 11.5 Å². The number of nitrogens with two attached hydrogens (primary N) is 2. The van der Waals surface area contributed by atoms with Gasteiger partial charge in [-0.2, -0.15) is 0 Å². The van der Waals surface area contributed by atoms with Gasteiger partial charge in [-0.25, -0.2) is 0 Å². The van der Waals surface area contributed by atoms with E-state index in [0.717, 1.165) is 0 Å². The highest BCUT2D eigenvalue weighted by molar-refractivity contribution is 5.35. The molecule has 16 heavy (non-hydrogen) atoms. The van der Waals surface area contributed by atoms with Crippen LogP contribution in [-0.2, 0) is 0 Å². The van der Waals surface area contributed by atoms with Gasteiger partial charge in [-0.15, -0.1) is 13.2 Å². The number of rotatable bonds is 4. The number of alkyl halides is 3. The second-order valence-corrected chi connectivity index (χ2v) is 3.27. The summed E-state index contributed by atoms with van der Waals surface area (Å²) in [4.78, 5) is 0. The van der Waals surface area contributed by atoms with E-state index >= 15 is 0 Å². The fourth-order valence-corrected chi connectivity index (χ4v) is 1.34. The SMILES string of the molecule is NCC[C@@H](N)c1ccccc1OC(F)(F)F. The Balaban J connectivity index is 2.91. The highest BCUT2D eigenvalue weighted by Crippen LogP contribution is 2.30. The molecule has 0 bridgehead atoms. The number of benzene rings is 1. The Morgan fingerprint density at radius 1 is 1.25 bits per heavy atom. The summed E-state index contributed by atoms with van der Waals surface area (Å²) in [5.41, 5.74) is 11.3. The van der Waals surface area contributed by atoms with Crippen LogP contribution in [0.4, 0.5) is 13.2 Å². The minimum absolute atomic E-state index is 0.268. The van der Waals surface area contributed by atoms with Gasteiger partial charge in [0.15, 0.2) is 0 Å². The van der Waals surface area contributed by atoms with Crippen molar-refractivity contribution in [3.05, 3.63) is 29.8 Å². The van der Waals surface area contributed by atoms with Crippen LogP contribution in [0.2, 0.25) is 0 Å². The van der Waals surface area contributed by atoms with Crippen molar-refractivity contribution in [1.29, 1.82) is 0 Å². The van der Waals surface area contributed by atoms with Crippen LogP contribution in [0.3, 0.4) is 0 Å². The van der Waals surface area contributed by atoms with Crippen LogP contribution in [0.25, 0.3) is 0 Å². The van der Waals surface area contributed by atoms with Gasteiger partial charge >= 0.3 is 6.36 Å². The Labute approximate surface area is 91.2 Å². The van der Waals surface area contributed by atoms with Crippen LogP contribution in [0, 0.1) is 0 Å².